The van der Waals surface area contributed by atoms with Gasteiger partial charge in [-0.15, -0.1) is 0 Å². The van der Waals surface area contributed by atoms with Gasteiger partial charge < -0.3 is 4.74 Å². The van der Waals surface area contributed by atoms with E-state index < -0.39 is 11.6 Å². The lowest BCUT2D eigenvalue weighted by Gasteiger charge is -2.07. The molecule has 0 fully saturated rings. The largest absolute Gasteiger partial charge is 0.490 e. The van der Waals surface area contributed by atoms with Crippen LogP contribution in [-0.2, 0) is 6.42 Å². The maximum atomic E-state index is 14.3. The number of aryl methyl sites for hydroxylation is 1. The first-order valence-electron chi connectivity index (χ1n) is 10.4. The maximum absolute atomic E-state index is 14.3. The molecular weight excluding hydrogens is 378 g/mol. The number of ether oxygens (including phenoxy) is 1. The van der Waals surface area contributed by atoms with Gasteiger partial charge in [0.05, 0.1) is 12.2 Å². The Bertz CT molecular complexity index is 1030. The number of unbranched alkanes of at least 4 members (excludes halogenated alkanes) is 1. The van der Waals surface area contributed by atoms with Crippen molar-refractivity contribution < 1.29 is 13.5 Å². The average molecular weight is 405 g/mol. The summed E-state index contributed by atoms with van der Waals surface area (Å²) in [7, 11) is 0. The van der Waals surface area contributed by atoms with Crippen molar-refractivity contribution >= 4 is 0 Å². The minimum absolute atomic E-state index is 0.0194. The quantitative estimate of drug-likeness (QED) is 0.300. The second kappa shape index (κ2) is 10.6. The maximum Gasteiger partial charge on any atom is 0.201 e. The molecule has 3 aromatic rings. The SMILES string of the molecule is CCCCOc1ccc(C#Cc2ccc(-c3ccc(CCC)cc3)cc2)c(F)c1F. The van der Waals surface area contributed by atoms with Gasteiger partial charge in [-0.05, 0) is 53.8 Å². The van der Waals surface area contributed by atoms with Crippen molar-refractivity contribution in [3.05, 3.63) is 89.0 Å². The van der Waals surface area contributed by atoms with Crippen LogP contribution in [0.4, 0.5) is 8.78 Å². The number of hydrogen-bond donors (Lipinski definition) is 0. The Balaban J connectivity index is 1.72. The van der Waals surface area contributed by atoms with Crippen LogP contribution in [0, 0.1) is 23.5 Å². The van der Waals surface area contributed by atoms with Gasteiger partial charge in [0.1, 0.15) is 0 Å². The van der Waals surface area contributed by atoms with Crippen LogP contribution in [-0.4, -0.2) is 6.61 Å². The van der Waals surface area contributed by atoms with Crippen molar-refractivity contribution in [3.8, 4) is 28.7 Å². The molecule has 0 spiro atoms. The van der Waals surface area contributed by atoms with Gasteiger partial charge in [0.2, 0.25) is 5.82 Å². The minimum atomic E-state index is -0.986. The molecule has 3 rings (SSSR count). The summed E-state index contributed by atoms with van der Waals surface area (Å²) < 4.78 is 33.7. The van der Waals surface area contributed by atoms with Crippen molar-refractivity contribution in [1.82, 2.24) is 0 Å². The molecule has 0 aliphatic heterocycles. The number of benzene rings is 3. The molecule has 0 unspecified atom stereocenters. The van der Waals surface area contributed by atoms with Crippen LogP contribution in [0.25, 0.3) is 11.1 Å². The van der Waals surface area contributed by atoms with Gasteiger partial charge in [-0.2, -0.15) is 4.39 Å². The van der Waals surface area contributed by atoms with Gasteiger partial charge in [-0.3, -0.25) is 0 Å². The van der Waals surface area contributed by atoms with Crippen LogP contribution in [0.5, 0.6) is 5.75 Å². The van der Waals surface area contributed by atoms with E-state index in [1.807, 2.05) is 31.2 Å². The molecule has 0 bridgehead atoms. The van der Waals surface area contributed by atoms with E-state index in [4.69, 9.17) is 4.74 Å². The molecule has 0 atom stereocenters. The molecule has 30 heavy (non-hydrogen) atoms. The van der Waals surface area contributed by atoms with E-state index in [2.05, 4.69) is 43.0 Å². The van der Waals surface area contributed by atoms with E-state index in [9.17, 15) is 8.78 Å². The predicted molar refractivity (Wildman–Crippen MR) is 119 cm³/mol. The van der Waals surface area contributed by atoms with Gasteiger partial charge in [0.15, 0.2) is 11.6 Å². The second-order valence-electron chi connectivity index (χ2n) is 7.22. The van der Waals surface area contributed by atoms with Crippen LogP contribution >= 0.6 is 0 Å². The van der Waals surface area contributed by atoms with E-state index in [1.54, 1.807) is 0 Å². The fourth-order valence-electron chi connectivity index (χ4n) is 3.10. The number of halogens is 2. The van der Waals surface area contributed by atoms with Gasteiger partial charge in [-0.1, -0.05) is 74.9 Å². The third kappa shape index (κ3) is 5.48. The number of hydrogen-bond acceptors (Lipinski definition) is 1. The normalized spacial score (nSPS) is 10.4. The first-order chi connectivity index (χ1) is 14.6. The molecule has 0 radical (unpaired) electrons. The molecule has 3 heteroatoms. The summed E-state index contributed by atoms with van der Waals surface area (Å²) in [6.45, 7) is 4.55. The van der Waals surface area contributed by atoms with E-state index in [1.165, 1.54) is 17.7 Å². The predicted octanol–water partition coefficient (Wildman–Crippen LogP) is 7.16. The molecule has 0 saturated carbocycles. The van der Waals surface area contributed by atoms with Crippen molar-refractivity contribution in [2.24, 2.45) is 0 Å². The first-order valence-corrected chi connectivity index (χ1v) is 10.4. The van der Waals surface area contributed by atoms with Gasteiger partial charge in [0, 0.05) is 5.56 Å². The van der Waals surface area contributed by atoms with E-state index in [0.717, 1.165) is 42.4 Å². The van der Waals surface area contributed by atoms with Crippen LogP contribution in [0.2, 0.25) is 0 Å². The zero-order valence-corrected chi connectivity index (χ0v) is 17.5. The molecule has 0 aliphatic rings. The molecule has 0 saturated heterocycles. The molecule has 0 aliphatic carbocycles. The minimum Gasteiger partial charge on any atom is -0.490 e. The van der Waals surface area contributed by atoms with Gasteiger partial charge in [0.25, 0.3) is 0 Å². The van der Waals surface area contributed by atoms with Crippen LogP contribution in [0.1, 0.15) is 49.8 Å². The highest BCUT2D eigenvalue weighted by Crippen LogP contribution is 2.23. The third-order valence-electron chi connectivity index (χ3n) is 4.85. The van der Waals surface area contributed by atoms with Crippen molar-refractivity contribution in [1.29, 1.82) is 0 Å². The number of rotatable bonds is 7. The highest BCUT2D eigenvalue weighted by molar-refractivity contribution is 5.64. The smallest absolute Gasteiger partial charge is 0.201 e. The highest BCUT2D eigenvalue weighted by Gasteiger charge is 2.13. The summed E-state index contributed by atoms with van der Waals surface area (Å²) in [6.07, 6.45) is 3.93. The molecule has 1 nitrogen and oxygen atoms in total. The molecular formula is C27H26F2O. The highest BCUT2D eigenvalue weighted by atomic mass is 19.2. The van der Waals surface area contributed by atoms with Gasteiger partial charge in [-0.25, -0.2) is 4.39 Å². The van der Waals surface area contributed by atoms with Crippen molar-refractivity contribution in [2.75, 3.05) is 6.61 Å². The van der Waals surface area contributed by atoms with Crippen molar-refractivity contribution in [3.63, 3.8) is 0 Å². The molecule has 0 amide bonds. The fourth-order valence-corrected chi connectivity index (χ4v) is 3.10. The molecule has 3 aromatic carbocycles. The van der Waals surface area contributed by atoms with E-state index >= 15 is 0 Å². The summed E-state index contributed by atoms with van der Waals surface area (Å²) in [6, 6.07) is 19.2. The third-order valence-corrected chi connectivity index (χ3v) is 4.85. The van der Waals surface area contributed by atoms with Crippen LogP contribution in [0.3, 0.4) is 0 Å². The lowest BCUT2D eigenvalue weighted by atomic mass is 10.0. The summed E-state index contributed by atoms with van der Waals surface area (Å²) >= 11 is 0. The molecule has 154 valence electrons. The molecule has 0 aromatic heterocycles. The second-order valence-corrected chi connectivity index (χ2v) is 7.22. The van der Waals surface area contributed by atoms with Gasteiger partial charge >= 0.3 is 0 Å². The summed E-state index contributed by atoms with van der Waals surface area (Å²) in [4.78, 5) is 0. The lowest BCUT2D eigenvalue weighted by molar-refractivity contribution is 0.288. The average Bonchev–Trinajstić information content (AvgIpc) is 2.77. The zero-order valence-electron chi connectivity index (χ0n) is 17.5. The Morgan fingerprint density at radius 3 is 2.03 bits per heavy atom. The summed E-state index contributed by atoms with van der Waals surface area (Å²) in [5, 5.41) is 0. The lowest BCUT2D eigenvalue weighted by Crippen LogP contribution is -2.01. The Hall–Kier alpha value is -3.12. The Kier molecular flexibility index (Phi) is 7.63. The van der Waals surface area contributed by atoms with Crippen LogP contribution < -0.4 is 4.74 Å². The van der Waals surface area contributed by atoms with E-state index in [0.29, 0.717) is 6.61 Å². The van der Waals surface area contributed by atoms with Crippen molar-refractivity contribution in [2.45, 2.75) is 39.5 Å². The molecule has 0 N–H and O–H groups in total. The first kappa shape index (κ1) is 21.6. The standard InChI is InChI=1S/C27H26F2O/c1-3-5-19-30-25-18-17-24(26(28)27(25)29)16-11-21-9-14-23(15-10-21)22-12-7-20(6-4-2)8-13-22/h7-10,12-15,17-18H,3-6,19H2,1-2H3. The summed E-state index contributed by atoms with van der Waals surface area (Å²) in [5.41, 5.74) is 4.32. The zero-order chi connectivity index (χ0) is 21.3. The Labute approximate surface area is 177 Å². The fraction of sp³-hybridized carbons (Fsp3) is 0.259. The van der Waals surface area contributed by atoms with Crippen LogP contribution in [0.15, 0.2) is 60.7 Å². The summed E-state index contributed by atoms with van der Waals surface area (Å²) in [5.74, 6) is 3.61. The Morgan fingerprint density at radius 2 is 1.40 bits per heavy atom. The topological polar surface area (TPSA) is 9.23 Å². The van der Waals surface area contributed by atoms with E-state index in [-0.39, 0.29) is 11.3 Å². The molecule has 0 heterocycles. The monoisotopic (exact) mass is 404 g/mol. The Morgan fingerprint density at radius 1 is 0.733 bits per heavy atom.